The maximum Gasteiger partial charge on any atom is 0.124 e. The lowest BCUT2D eigenvalue weighted by atomic mass is 10.1. The molecule has 2 rings (SSSR count). The summed E-state index contributed by atoms with van der Waals surface area (Å²) in [6, 6.07) is 13.2. The fraction of sp³-hybridized carbons (Fsp3) is 0.250. The average molecular weight is 354 g/mol. The molecule has 0 aliphatic rings. The lowest BCUT2D eigenvalue weighted by Gasteiger charge is -2.12. The van der Waals surface area contributed by atoms with E-state index < -0.39 is 0 Å². The normalized spacial score (nSPS) is 12.4. The predicted octanol–water partition coefficient (Wildman–Crippen LogP) is 4.56. The van der Waals surface area contributed by atoms with Crippen molar-refractivity contribution < 1.29 is 4.39 Å². The van der Waals surface area contributed by atoms with Gasteiger partial charge in [0.1, 0.15) is 5.82 Å². The Morgan fingerprint density at radius 2 is 1.90 bits per heavy atom. The van der Waals surface area contributed by atoms with Crippen molar-refractivity contribution in [2.75, 3.05) is 5.75 Å². The van der Waals surface area contributed by atoms with E-state index in [1.165, 1.54) is 22.6 Å². The van der Waals surface area contributed by atoms with E-state index in [-0.39, 0.29) is 11.9 Å². The quantitative estimate of drug-likeness (QED) is 0.797. The van der Waals surface area contributed by atoms with Crippen LogP contribution < -0.4 is 5.73 Å². The van der Waals surface area contributed by atoms with Gasteiger partial charge in [-0.2, -0.15) is 0 Å². The highest BCUT2D eigenvalue weighted by Crippen LogP contribution is 2.22. The van der Waals surface area contributed by atoms with Crippen molar-refractivity contribution in [3.05, 3.63) is 63.9 Å². The zero-order chi connectivity index (χ0) is 14.5. The molecule has 0 aliphatic carbocycles. The van der Waals surface area contributed by atoms with Gasteiger partial charge >= 0.3 is 0 Å². The molecule has 0 radical (unpaired) electrons. The summed E-state index contributed by atoms with van der Waals surface area (Å²) in [6.45, 7) is 2.08. The lowest BCUT2D eigenvalue weighted by molar-refractivity contribution is 0.625. The van der Waals surface area contributed by atoms with Gasteiger partial charge in [0, 0.05) is 21.2 Å². The smallest absolute Gasteiger partial charge is 0.124 e. The van der Waals surface area contributed by atoms with Crippen molar-refractivity contribution in [1.82, 2.24) is 0 Å². The molecule has 106 valence electrons. The molecule has 0 saturated heterocycles. The Labute approximate surface area is 131 Å². The van der Waals surface area contributed by atoms with Gasteiger partial charge in [0.15, 0.2) is 0 Å². The van der Waals surface area contributed by atoms with E-state index in [4.69, 9.17) is 5.73 Å². The van der Waals surface area contributed by atoms with Crippen LogP contribution in [0.1, 0.15) is 11.1 Å². The van der Waals surface area contributed by atoms with Gasteiger partial charge in [-0.3, -0.25) is 0 Å². The molecule has 0 aromatic heterocycles. The van der Waals surface area contributed by atoms with Crippen molar-refractivity contribution in [1.29, 1.82) is 0 Å². The molecule has 1 atom stereocenters. The first kappa shape index (κ1) is 15.5. The zero-order valence-corrected chi connectivity index (χ0v) is 13.7. The minimum atomic E-state index is -0.233. The molecular weight excluding hydrogens is 337 g/mol. The Kier molecular flexibility index (Phi) is 5.64. The highest BCUT2D eigenvalue weighted by Gasteiger charge is 2.08. The van der Waals surface area contributed by atoms with Crippen LogP contribution in [0.25, 0.3) is 0 Å². The molecule has 0 saturated carbocycles. The first-order valence-electron chi connectivity index (χ1n) is 6.43. The predicted molar refractivity (Wildman–Crippen MR) is 87.7 cm³/mol. The van der Waals surface area contributed by atoms with E-state index in [9.17, 15) is 4.39 Å². The SMILES string of the molecule is Cc1ccc(SCC(N)Cc2ccc(F)cc2Br)cc1. The van der Waals surface area contributed by atoms with Crippen molar-refractivity contribution >= 4 is 27.7 Å². The number of halogens is 2. The molecule has 4 heteroatoms. The van der Waals surface area contributed by atoms with Crippen LogP contribution in [0.5, 0.6) is 0 Å². The molecule has 0 bridgehead atoms. The summed E-state index contributed by atoms with van der Waals surface area (Å²) in [5.74, 6) is 0.607. The van der Waals surface area contributed by atoms with Gasteiger partial charge in [0.05, 0.1) is 0 Å². The van der Waals surface area contributed by atoms with Crippen LogP contribution in [0.15, 0.2) is 51.8 Å². The first-order valence-corrected chi connectivity index (χ1v) is 8.21. The van der Waals surface area contributed by atoms with E-state index in [0.717, 1.165) is 22.2 Å². The summed E-state index contributed by atoms with van der Waals surface area (Å²) < 4.78 is 13.8. The largest absolute Gasteiger partial charge is 0.327 e. The number of aryl methyl sites for hydroxylation is 1. The molecule has 0 spiro atoms. The van der Waals surface area contributed by atoms with E-state index >= 15 is 0 Å². The van der Waals surface area contributed by atoms with Crippen LogP contribution in [0.3, 0.4) is 0 Å². The molecular formula is C16H17BrFNS. The molecule has 0 amide bonds. The highest BCUT2D eigenvalue weighted by atomic mass is 79.9. The van der Waals surface area contributed by atoms with E-state index in [0.29, 0.717) is 0 Å². The van der Waals surface area contributed by atoms with Crippen LogP contribution in [0.2, 0.25) is 0 Å². The molecule has 0 aliphatic heterocycles. The van der Waals surface area contributed by atoms with Crippen LogP contribution in [0.4, 0.5) is 4.39 Å². The van der Waals surface area contributed by atoms with Gasteiger partial charge in [-0.1, -0.05) is 39.7 Å². The number of thioether (sulfide) groups is 1. The third kappa shape index (κ3) is 4.62. The molecule has 0 fully saturated rings. The number of hydrogen-bond donors (Lipinski definition) is 1. The number of benzene rings is 2. The van der Waals surface area contributed by atoms with Crippen LogP contribution >= 0.6 is 27.7 Å². The summed E-state index contributed by atoms with van der Waals surface area (Å²) in [7, 11) is 0. The second kappa shape index (κ2) is 7.25. The average Bonchev–Trinajstić information content (AvgIpc) is 2.41. The topological polar surface area (TPSA) is 26.0 Å². The molecule has 1 nitrogen and oxygen atoms in total. The second-order valence-electron chi connectivity index (χ2n) is 4.82. The van der Waals surface area contributed by atoms with Gasteiger partial charge < -0.3 is 5.73 Å². The van der Waals surface area contributed by atoms with Gasteiger partial charge in [-0.25, -0.2) is 4.39 Å². The highest BCUT2D eigenvalue weighted by molar-refractivity contribution is 9.10. The van der Waals surface area contributed by atoms with Gasteiger partial charge in [0.25, 0.3) is 0 Å². The Morgan fingerprint density at radius 1 is 1.20 bits per heavy atom. The molecule has 0 heterocycles. The Hall–Kier alpha value is -0.840. The summed E-state index contributed by atoms with van der Waals surface area (Å²) in [6.07, 6.45) is 0.736. The fourth-order valence-corrected chi connectivity index (χ4v) is 3.23. The summed E-state index contributed by atoms with van der Waals surface area (Å²) in [4.78, 5) is 1.23. The van der Waals surface area contributed by atoms with Crippen LogP contribution in [0, 0.1) is 12.7 Å². The van der Waals surface area contributed by atoms with Gasteiger partial charge in [0.2, 0.25) is 0 Å². The molecule has 1 unspecified atom stereocenters. The summed E-state index contributed by atoms with van der Waals surface area (Å²) in [5, 5.41) is 0. The van der Waals surface area contributed by atoms with Crippen molar-refractivity contribution in [3.8, 4) is 0 Å². The molecule has 20 heavy (non-hydrogen) atoms. The summed E-state index contributed by atoms with van der Waals surface area (Å²) >= 11 is 5.13. The van der Waals surface area contributed by atoms with Crippen LogP contribution in [-0.4, -0.2) is 11.8 Å². The third-order valence-electron chi connectivity index (χ3n) is 2.98. The van der Waals surface area contributed by atoms with E-state index in [2.05, 4.69) is 47.1 Å². The Morgan fingerprint density at radius 3 is 2.55 bits per heavy atom. The zero-order valence-electron chi connectivity index (χ0n) is 11.3. The molecule has 2 aromatic rings. The number of hydrogen-bond acceptors (Lipinski definition) is 2. The summed E-state index contributed by atoms with van der Waals surface area (Å²) in [5.41, 5.74) is 8.46. The van der Waals surface area contributed by atoms with E-state index in [1.807, 2.05) is 0 Å². The number of nitrogens with two attached hydrogens (primary N) is 1. The van der Waals surface area contributed by atoms with Crippen molar-refractivity contribution in [2.45, 2.75) is 24.3 Å². The van der Waals surface area contributed by atoms with Crippen molar-refractivity contribution in [2.24, 2.45) is 5.73 Å². The minimum absolute atomic E-state index is 0.0445. The minimum Gasteiger partial charge on any atom is -0.327 e. The fourth-order valence-electron chi connectivity index (χ4n) is 1.87. The molecule has 2 N–H and O–H groups in total. The van der Waals surface area contributed by atoms with E-state index in [1.54, 1.807) is 17.8 Å². The van der Waals surface area contributed by atoms with Crippen molar-refractivity contribution in [3.63, 3.8) is 0 Å². The first-order chi connectivity index (χ1) is 9.54. The maximum atomic E-state index is 13.0. The van der Waals surface area contributed by atoms with Crippen LogP contribution in [-0.2, 0) is 6.42 Å². The maximum absolute atomic E-state index is 13.0. The van der Waals surface area contributed by atoms with Gasteiger partial charge in [-0.05, 0) is 43.2 Å². The standard InChI is InChI=1S/C16H17BrFNS/c1-11-2-6-15(7-3-11)20-10-14(19)8-12-4-5-13(18)9-16(12)17/h2-7,9,14H,8,10,19H2,1H3. The second-order valence-corrected chi connectivity index (χ2v) is 6.77. The monoisotopic (exact) mass is 353 g/mol. The third-order valence-corrected chi connectivity index (χ3v) is 4.92. The molecule has 2 aromatic carbocycles. The Balaban J connectivity index is 1.89. The van der Waals surface area contributed by atoms with Gasteiger partial charge in [-0.15, -0.1) is 11.8 Å². The lowest BCUT2D eigenvalue weighted by Crippen LogP contribution is -2.25. The number of rotatable bonds is 5. The Bertz CT molecular complexity index is 571.